The topological polar surface area (TPSA) is 58.2 Å². The molecule has 2 N–H and O–H groups in total. The highest BCUT2D eigenvalue weighted by Crippen LogP contribution is 2.36. The maximum absolute atomic E-state index is 12.2. The number of benzene rings is 1. The number of hydrogen-bond acceptors (Lipinski definition) is 3. The Labute approximate surface area is 122 Å². The molecular formula is C15H18N2O2S. The highest BCUT2D eigenvalue weighted by atomic mass is 32.2. The molecule has 2 aliphatic rings. The van der Waals surface area contributed by atoms with Crippen LogP contribution >= 0.6 is 11.8 Å². The summed E-state index contributed by atoms with van der Waals surface area (Å²) in [7, 11) is 0. The summed E-state index contributed by atoms with van der Waals surface area (Å²) in [6, 6.07) is 6.09. The Morgan fingerprint density at radius 1 is 1.45 bits per heavy atom. The lowest BCUT2D eigenvalue weighted by Gasteiger charge is -2.21. The second-order valence-corrected chi connectivity index (χ2v) is 6.66. The lowest BCUT2D eigenvalue weighted by molar-refractivity contribution is -0.123. The molecule has 1 aliphatic heterocycles. The zero-order valence-electron chi connectivity index (χ0n) is 11.6. The fourth-order valence-electron chi connectivity index (χ4n) is 2.96. The molecule has 20 heavy (non-hydrogen) atoms. The van der Waals surface area contributed by atoms with Gasteiger partial charge < -0.3 is 10.6 Å². The first kappa shape index (κ1) is 13.5. The summed E-state index contributed by atoms with van der Waals surface area (Å²) in [6.45, 7) is 4.22. The maximum atomic E-state index is 12.2. The van der Waals surface area contributed by atoms with Crippen LogP contribution in [0.2, 0.25) is 0 Å². The Balaban J connectivity index is 1.76. The van der Waals surface area contributed by atoms with Crippen LogP contribution in [-0.4, -0.2) is 22.9 Å². The fraction of sp³-hybridized carbons (Fsp3) is 0.467. The van der Waals surface area contributed by atoms with Gasteiger partial charge in [0.05, 0.1) is 6.04 Å². The molecule has 0 unspecified atom stereocenters. The van der Waals surface area contributed by atoms with Gasteiger partial charge in [-0.1, -0.05) is 42.4 Å². The quantitative estimate of drug-likeness (QED) is 0.877. The molecule has 106 valence electrons. The first-order valence-electron chi connectivity index (χ1n) is 6.87. The SMILES string of the molecule is Cc1ccc2c(c1)[C@H](NC(=O)[C@H]1CSC(=O)N1)[C@H](C)C2. The highest BCUT2D eigenvalue weighted by Gasteiger charge is 2.34. The first-order valence-corrected chi connectivity index (χ1v) is 7.86. The molecule has 3 rings (SSSR count). The third-order valence-electron chi connectivity index (χ3n) is 4.03. The molecule has 0 saturated carbocycles. The van der Waals surface area contributed by atoms with Crippen molar-refractivity contribution in [3.63, 3.8) is 0 Å². The molecule has 0 spiro atoms. The Morgan fingerprint density at radius 3 is 2.95 bits per heavy atom. The zero-order valence-corrected chi connectivity index (χ0v) is 12.4. The van der Waals surface area contributed by atoms with Crippen molar-refractivity contribution < 1.29 is 9.59 Å². The summed E-state index contributed by atoms with van der Waals surface area (Å²) >= 11 is 1.17. The van der Waals surface area contributed by atoms with Gasteiger partial charge in [0.25, 0.3) is 5.24 Å². The van der Waals surface area contributed by atoms with E-state index >= 15 is 0 Å². The van der Waals surface area contributed by atoms with E-state index in [1.165, 1.54) is 28.5 Å². The summed E-state index contributed by atoms with van der Waals surface area (Å²) in [5, 5.41) is 5.69. The Bertz CT molecular complexity index is 573. The maximum Gasteiger partial charge on any atom is 0.279 e. The molecule has 5 heteroatoms. The standard InChI is InChI=1S/C15H18N2O2S/c1-8-3-4-10-6-9(2)13(11(10)5-8)17-14(18)12-7-20-15(19)16-12/h3-5,9,12-13H,6-7H2,1-2H3,(H,16,19)(H,17,18)/t9-,12-,13-/m1/s1. The lowest BCUT2D eigenvalue weighted by Crippen LogP contribution is -2.44. The predicted octanol–water partition coefficient (Wildman–Crippen LogP) is 2.17. The molecule has 1 fully saturated rings. The molecule has 1 aliphatic carbocycles. The van der Waals surface area contributed by atoms with Crippen molar-refractivity contribution in [2.24, 2.45) is 5.92 Å². The predicted molar refractivity (Wildman–Crippen MR) is 79.7 cm³/mol. The summed E-state index contributed by atoms with van der Waals surface area (Å²) in [5.74, 6) is 0.835. The number of hydrogen-bond donors (Lipinski definition) is 2. The molecule has 3 atom stereocenters. The van der Waals surface area contributed by atoms with Crippen LogP contribution in [-0.2, 0) is 11.2 Å². The van der Waals surface area contributed by atoms with E-state index in [1.807, 2.05) is 0 Å². The summed E-state index contributed by atoms with van der Waals surface area (Å²) < 4.78 is 0. The summed E-state index contributed by atoms with van der Waals surface area (Å²) in [4.78, 5) is 23.4. The Morgan fingerprint density at radius 2 is 2.25 bits per heavy atom. The van der Waals surface area contributed by atoms with Gasteiger partial charge in [-0.05, 0) is 30.4 Å². The van der Waals surface area contributed by atoms with Gasteiger partial charge in [0.15, 0.2) is 0 Å². The van der Waals surface area contributed by atoms with Crippen molar-refractivity contribution in [3.05, 3.63) is 34.9 Å². The van der Waals surface area contributed by atoms with Crippen molar-refractivity contribution in [3.8, 4) is 0 Å². The average molecular weight is 290 g/mol. The zero-order chi connectivity index (χ0) is 14.3. The van der Waals surface area contributed by atoms with Crippen molar-refractivity contribution in [1.82, 2.24) is 10.6 Å². The molecule has 1 aromatic rings. The van der Waals surface area contributed by atoms with E-state index in [-0.39, 0.29) is 17.2 Å². The minimum atomic E-state index is -0.395. The van der Waals surface area contributed by atoms with E-state index in [0.717, 1.165) is 6.42 Å². The van der Waals surface area contributed by atoms with E-state index in [4.69, 9.17) is 0 Å². The molecule has 1 saturated heterocycles. The second-order valence-electron chi connectivity index (χ2n) is 5.67. The van der Waals surface area contributed by atoms with Gasteiger partial charge in [-0.15, -0.1) is 0 Å². The lowest BCUT2D eigenvalue weighted by atomic mass is 10.0. The number of aryl methyl sites for hydroxylation is 1. The van der Waals surface area contributed by atoms with Gasteiger partial charge in [-0.2, -0.15) is 0 Å². The van der Waals surface area contributed by atoms with Gasteiger partial charge >= 0.3 is 0 Å². The number of thioether (sulfide) groups is 1. The van der Waals surface area contributed by atoms with Crippen molar-refractivity contribution in [1.29, 1.82) is 0 Å². The molecule has 0 aromatic heterocycles. The average Bonchev–Trinajstić information content (AvgIpc) is 2.95. The van der Waals surface area contributed by atoms with Crippen molar-refractivity contribution in [2.45, 2.75) is 32.4 Å². The van der Waals surface area contributed by atoms with Crippen molar-refractivity contribution >= 4 is 22.9 Å². The van der Waals surface area contributed by atoms with E-state index in [9.17, 15) is 9.59 Å². The van der Waals surface area contributed by atoms with Gasteiger partial charge in [-0.25, -0.2) is 0 Å². The van der Waals surface area contributed by atoms with Crippen LogP contribution in [0, 0.1) is 12.8 Å². The van der Waals surface area contributed by atoms with Crippen LogP contribution in [0.1, 0.15) is 29.7 Å². The number of amides is 2. The monoisotopic (exact) mass is 290 g/mol. The number of nitrogens with one attached hydrogen (secondary N) is 2. The van der Waals surface area contributed by atoms with E-state index in [0.29, 0.717) is 11.7 Å². The van der Waals surface area contributed by atoms with Gasteiger partial charge in [0, 0.05) is 5.75 Å². The van der Waals surface area contributed by atoms with Gasteiger partial charge in [-0.3, -0.25) is 9.59 Å². The van der Waals surface area contributed by atoms with E-state index in [2.05, 4.69) is 42.7 Å². The molecule has 0 bridgehead atoms. The largest absolute Gasteiger partial charge is 0.347 e. The van der Waals surface area contributed by atoms with E-state index < -0.39 is 6.04 Å². The van der Waals surface area contributed by atoms with Gasteiger partial charge in [0.2, 0.25) is 5.91 Å². The third kappa shape index (κ3) is 2.42. The molecule has 2 amide bonds. The minimum Gasteiger partial charge on any atom is -0.347 e. The molecule has 0 radical (unpaired) electrons. The van der Waals surface area contributed by atoms with Crippen LogP contribution in [0.25, 0.3) is 0 Å². The molecular weight excluding hydrogens is 272 g/mol. The van der Waals surface area contributed by atoms with Gasteiger partial charge in [0.1, 0.15) is 6.04 Å². The Kier molecular flexibility index (Phi) is 3.46. The smallest absolute Gasteiger partial charge is 0.279 e. The van der Waals surface area contributed by atoms with Crippen LogP contribution in [0.4, 0.5) is 4.79 Å². The number of fused-ring (bicyclic) bond motifs is 1. The molecule has 1 heterocycles. The van der Waals surface area contributed by atoms with Crippen LogP contribution in [0.5, 0.6) is 0 Å². The highest BCUT2D eigenvalue weighted by molar-refractivity contribution is 8.14. The minimum absolute atomic E-state index is 0.0555. The summed E-state index contributed by atoms with van der Waals surface area (Å²) in [6.07, 6.45) is 0.992. The fourth-order valence-corrected chi connectivity index (χ4v) is 3.74. The molecule has 4 nitrogen and oxygen atoms in total. The molecule has 1 aromatic carbocycles. The summed E-state index contributed by atoms with van der Waals surface area (Å²) in [5.41, 5.74) is 3.75. The number of carbonyl (C=O) groups excluding carboxylic acids is 2. The normalized spacial score (nSPS) is 28.1. The third-order valence-corrected chi connectivity index (χ3v) is 4.91. The van der Waals surface area contributed by atoms with Crippen LogP contribution in [0.3, 0.4) is 0 Å². The van der Waals surface area contributed by atoms with E-state index in [1.54, 1.807) is 0 Å². The first-order chi connectivity index (χ1) is 9.54. The van der Waals surface area contributed by atoms with Crippen LogP contribution in [0.15, 0.2) is 18.2 Å². The number of carbonyl (C=O) groups is 2. The number of rotatable bonds is 2. The van der Waals surface area contributed by atoms with Crippen molar-refractivity contribution in [2.75, 3.05) is 5.75 Å². The van der Waals surface area contributed by atoms with Crippen LogP contribution < -0.4 is 10.6 Å². The second kappa shape index (κ2) is 5.13. The Hall–Kier alpha value is -1.49.